The molecule has 0 heterocycles. The van der Waals surface area contributed by atoms with Crippen molar-refractivity contribution >= 4 is 0 Å². The van der Waals surface area contributed by atoms with Gasteiger partial charge in [-0.1, -0.05) is 50.2 Å². The quantitative estimate of drug-likeness (QED) is 0.794. The predicted molar refractivity (Wildman–Crippen MR) is 90.0 cm³/mol. The zero-order valence-electron chi connectivity index (χ0n) is 13.5. The van der Waals surface area contributed by atoms with Gasteiger partial charge >= 0.3 is 0 Å². The molecule has 22 heavy (non-hydrogen) atoms. The predicted octanol–water partition coefficient (Wildman–Crippen LogP) is 3.96. The summed E-state index contributed by atoms with van der Waals surface area (Å²) in [5.74, 6) is -0.187. The Labute approximate surface area is 133 Å². The lowest BCUT2D eigenvalue weighted by atomic mass is 10.1. The fourth-order valence-electron chi connectivity index (χ4n) is 2.42. The molecule has 0 aliphatic carbocycles. The van der Waals surface area contributed by atoms with Gasteiger partial charge in [0.05, 0.1) is 0 Å². The van der Waals surface area contributed by atoms with Crippen molar-refractivity contribution in [2.75, 3.05) is 13.1 Å². The molecule has 2 aromatic rings. The Bertz CT molecular complexity index is 545. The summed E-state index contributed by atoms with van der Waals surface area (Å²) in [6.45, 7) is 9.13. The van der Waals surface area contributed by atoms with E-state index < -0.39 is 0 Å². The first-order chi connectivity index (χ1) is 10.7. The van der Waals surface area contributed by atoms with Gasteiger partial charge in [0.25, 0.3) is 0 Å². The Morgan fingerprint density at radius 2 is 1.23 bits per heavy atom. The van der Waals surface area contributed by atoms with E-state index in [-0.39, 0.29) is 5.82 Å². The van der Waals surface area contributed by atoms with Gasteiger partial charge in [-0.15, -0.1) is 0 Å². The van der Waals surface area contributed by atoms with Crippen molar-refractivity contribution in [3.63, 3.8) is 0 Å². The van der Waals surface area contributed by atoms with Crippen LogP contribution >= 0.6 is 0 Å². The van der Waals surface area contributed by atoms with Crippen LogP contribution in [0.25, 0.3) is 0 Å². The molecular weight excluding hydrogens is 275 g/mol. The number of hydrogen-bond donors (Lipinski definition) is 1. The average molecular weight is 300 g/mol. The summed E-state index contributed by atoms with van der Waals surface area (Å²) >= 11 is 0. The summed E-state index contributed by atoms with van der Waals surface area (Å²) in [6, 6.07) is 15.4. The fourth-order valence-corrected chi connectivity index (χ4v) is 2.42. The minimum atomic E-state index is -0.187. The van der Waals surface area contributed by atoms with Crippen LogP contribution < -0.4 is 5.32 Å². The van der Waals surface area contributed by atoms with E-state index in [9.17, 15) is 4.39 Å². The highest BCUT2D eigenvalue weighted by atomic mass is 19.1. The van der Waals surface area contributed by atoms with Crippen LogP contribution in [0.15, 0.2) is 48.5 Å². The monoisotopic (exact) mass is 300 g/mol. The fraction of sp³-hybridized carbons (Fsp3) is 0.368. The number of hydrogen-bond acceptors (Lipinski definition) is 2. The minimum Gasteiger partial charge on any atom is -0.309 e. The molecule has 0 saturated heterocycles. The third-order valence-corrected chi connectivity index (χ3v) is 3.90. The first-order valence-electron chi connectivity index (χ1n) is 7.96. The van der Waals surface area contributed by atoms with Crippen molar-refractivity contribution in [1.82, 2.24) is 10.2 Å². The van der Waals surface area contributed by atoms with Gasteiger partial charge in [0, 0.05) is 19.6 Å². The SMILES string of the molecule is CCN(CC)Cc1ccc(CNCc2ccc(F)cc2)cc1. The molecule has 0 fully saturated rings. The maximum atomic E-state index is 12.8. The Hall–Kier alpha value is -1.71. The zero-order chi connectivity index (χ0) is 15.8. The maximum Gasteiger partial charge on any atom is 0.123 e. The van der Waals surface area contributed by atoms with E-state index in [0.29, 0.717) is 0 Å². The molecule has 0 spiro atoms. The summed E-state index contributed by atoms with van der Waals surface area (Å²) in [5.41, 5.74) is 3.72. The van der Waals surface area contributed by atoms with E-state index >= 15 is 0 Å². The molecule has 0 aliphatic heterocycles. The van der Waals surface area contributed by atoms with Gasteiger partial charge in [0.15, 0.2) is 0 Å². The van der Waals surface area contributed by atoms with Gasteiger partial charge in [-0.05, 0) is 41.9 Å². The normalized spacial score (nSPS) is 11.1. The van der Waals surface area contributed by atoms with Crippen LogP contribution in [0.3, 0.4) is 0 Å². The molecule has 2 aromatic carbocycles. The molecule has 0 unspecified atom stereocenters. The van der Waals surface area contributed by atoms with Gasteiger partial charge in [-0.25, -0.2) is 4.39 Å². The highest BCUT2D eigenvalue weighted by molar-refractivity contribution is 5.23. The molecule has 2 nitrogen and oxygen atoms in total. The molecule has 0 bridgehead atoms. The maximum absolute atomic E-state index is 12.8. The molecular formula is C19H25FN2. The van der Waals surface area contributed by atoms with Gasteiger partial charge in [0.1, 0.15) is 5.82 Å². The smallest absolute Gasteiger partial charge is 0.123 e. The molecule has 0 amide bonds. The van der Waals surface area contributed by atoms with Crippen LogP contribution in [0.1, 0.15) is 30.5 Å². The van der Waals surface area contributed by atoms with Crippen LogP contribution in [-0.2, 0) is 19.6 Å². The lowest BCUT2D eigenvalue weighted by Gasteiger charge is -2.18. The zero-order valence-corrected chi connectivity index (χ0v) is 13.5. The first-order valence-corrected chi connectivity index (χ1v) is 7.96. The molecule has 1 N–H and O–H groups in total. The summed E-state index contributed by atoms with van der Waals surface area (Å²) in [5, 5.41) is 3.39. The molecule has 118 valence electrons. The second kappa shape index (κ2) is 8.66. The topological polar surface area (TPSA) is 15.3 Å². The minimum absolute atomic E-state index is 0.187. The molecule has 0 saturated carbocycles. The molecule has 3 heteroatoms. The van der Waals surface area contributed by atoms with Crippen molar-refractivity contribution in [3.8, 4) is 0 Å². The molecule has 0 radical (unpaired) electrons. The summed E-state index contributed by atoms with van der Waals surface area (Å²) in [7, 11) is 0. The summed E-state index contributed by atoms with van der Waals surface area (Å²) in [6.07, 6.45) is 0. The Kier molecular flexibility index (Phi) is 6.56. The van der Waals surface area contributed by atoms with Crippen molar-refractivity contribution in [2.45, 2.75) is 33.5 Å². The molecule has 0 aliphatic rings. The number of rotatable bonds is 8. The van der Waals surface area contributed by atoms with Crippen LogP contribution in [0, 0.1) is 5.82 Å². The van der Waals surface area contributed by atoms with Gasteiger partial charge in [-0.2, -0.15) is 0 Å². The van der Waals surface area contributed by atoms with E-state index in [1.54, 1.807) is 0 Å². The van der Waals surface area contributed by atoms with Crippen molar-refractivity contribution in [3.05, 3.63) is 71.0 Å². The largest absolute Gasteiger partial charge is 0.309 e. The van der Waals surface area contributed by atoms with Crippen molar-refractivity contribution < 1.29 is 4.39 Å². The average Bonchev–Trinajstić information content (AvgIpc) is 2.56. The second-order valence-electron chi connectivity index (χ2n) is 5.51. The summed E-state index contributed by atoms with van der Waals surface area (Å²) < 4.78 is 12.8. The number of halogens is 1. The van der Waals surface area contributed by atoms with E-state index in [4.69, 9.17) is 0 Å². The van der Waals surface area contributed by atoms with E-state index in [1.165, 1.54) is 23.3 Å². The van der Waals surface area contributed by atoms with Crippen LogP contribution in [0.5, 0.6) is 0 Å². The van der Waals surface area contributed by atoms with E-state index in [0.717, 1.165) is 38.3 Å². The lowest BCUT2D eigenvalue weighted by Crippen LogP contribution is -2.22. The Morgan fingerprint density at radius 1 is 0.773 bits per heavy atom. The van der Waals surface area contributed by atoms with Crippen molar-refractivity contribution in [1.29, 1.82) is 0 Å². The highest BCUT2D eigenvalue weighted by Gasteiger charge is 2.01. The number of nitrogens with one attached hydrogen (secondary N) is 1. The summed E-state index contributed by atoms with van der Waals surface area (Å²) in [4.78, 5) is 2.40. The highest BCUT2D eigenvalue weighted by Crippen LogP contribution is 2.08. The Morgan fingerprint density at radius 3 is 1.73 bits per heavy atom. The first kappa shape index (κ1) is 16.7. The standard InChI is InChI=1S/C19H25FN2/c1-3-22(4-2)15-18-7-5-16(6-8-18)13-21-14-17-9-11-19(20)12-10-17/h5-12,21H,3-4,13-15H2,1-2H3. The van der Waals surface area contributed by atoms with Crippen molar-refractivity contribution in [2.24, 2.45) is 0 Å². The van der Waals surface area contributed by atoms with E-state index in [2.05, 4.69) is 48.3 Å². The number of nitrogens with zero attached hydrogens (tertiary/aromatic N) is 1. The van der Waals surface area contributed by atoms with Gasteiger partial charge < -0.3 is 5.32 Å². The lowest BCUT2D eigenvalue weighted by molar-refractivity contribution is 0.296. The molecule has 2 rings (SSSR count). The second-order valence-corrected chi connectivity index (χ2v) is 5.51. The molecule has 0 atom stereocenters. The van der Waals surface area contributed by atoms with Gasteiger partial charge in [0.2, 0.25) is 0 Å². The number of benzene rings is 2. The van der Waals surface area contributed by atoms with Crippen LogP contribution in [0.4, 0.5) is 4.39 Å². The Balaban J connectivity index is 1.80. The third kappa shape index (κ3) is 5.24. The van der Waals surface area contributed by atoms with Crippen LogP contribution in [-0.4, -0.2) is 18.0 Å². The third-order valence-electron chi connectivity index (χ3n) is 3.90. The molecule has 0 aromatic heterocycles. The van der Waals surface area contributed by atoms with E-state index in [1.807, 2.05) is 12.1 Å². The van der Waals surface area contributed by atoms with Gasteiger partial charge in [-0.3, -0.25) is 4.90 Å². The van der Waals surface area contributed by atoms with Crippen LogP contribution in [0.2, 0.25) is 0 Å².